The van der Waals surface area contributed by atoms with Gasteiger partial charge in [-0.3, -0.25) is 0 Å². The number of para-hydroxylation sites is 1. The third-order valence-corrected chi connectivity index (χ3v) is 4.08. The monoisotopic (exact) mass is 289 g/mol. The Balaban J connectivity index is 1.98. The van der Waals surface area contributed by atoms with Gasteiger partial charge in [-0.2, -0.15) is 0 Å². The van der Waals surface area contributed by atoms with Crippen molar-refractivity contribution >= 4 is 17.0 Å². The minimum atomic E-state index is 0.497. The van der Waals surface area contributed by atoms with Crippen molar-refractivity contribution in [2.45, 2.75) is 39.9 Å². The quantitative estimate of drug-likeness (QED) is 0.881. The zero-order valence-electron chi connectivity index (χ0n) is 12.7. The van der Waals surface area contributed by atoms with Crippen LogP contribution in [-0.4, -0.2) is 18.1 Å². The fraction of sp³-hybridized carbons (Fsp3) is 0.438. The van der Waals surface area contributed by atoms with Crippen LogP contribution in [0.25, 0.3) is 0 Å². The zero-order chi connectivity index (χ0) is 14.5. The summed E-state index contributed by atoms with van der Waals surface area (Å²) in [6.07, 6.45) is 0. The van der Waals surface area contributed by atoms with E-state index in [2.05, 4.69) is 67.7 Å². The highest BCUT2D eigenvalue weighted by molar-refractivity contribution is 7.09. The van der Waals surface area contributed by atoms with E-state index in [0.717, 1.165) is 23.8 Å². The van der Waals surface area contributed by atoms with Crippen LogP contribution in [0.1, 0.15) is 30.1 Å². The summed E-state index contributed by atoms with van der Waals surface area (Å²) in [5.74, 6) is 0. The molecule has 2 aromatic rings. The molecule has 0 saturated carbocycles. The molecule has 1 aromatic heterocycles. The molecule has 0 bridgehead atoms. The highest BCUT2D eigenvalue weighted by atomic mass is 32.1. The summed E-state index contributed by atoms with van der Waals surface area (Å²) in [7, 11) is 2.12. The van der Waals surface area contributed by atoms with Crippen molar-refractivity contribution in [1.82, 2.24) is 10.3 Å². The molecule has 108 valence electrons. The number of benzene rings is 1. The van der Waals surface area contributed by atoms with E-state index in [1.54, 1.807) is 11.3 Å². The molecule has 0 aliphatic heterocycles. The van der Waals surface area contributed by atoms with Crippen LogP contribution in [0.15, 0.2) is 29.6 Å². The van der Waals surface area contributed by atoms with Gasteiger partial charge in [-0.05, 0) is 18.6 Å². The van der Waals surface area contributed by atoms with Crippen LogP contribution >= 0.6 is 11.3 Å². The summed E-state index contributed by atoms with van der Waals surface area (Å²) in [5, 5.41) is 6.72. The van der Waals surface area contributed by atoms with E-state index in [4.69, 9.17) is 4.98 Å². The highest BCUT2D eigenvalue weighted by Gasteiger charge is 2.08. The normalized spacial score (nSPS) is 11.1. The first-order chi connectivity index (χ1) is 9.56. The molecule has 0 radical (unpaired) electrons. The Morgan fingerprint density at radius 2 is 2.05 bits per heavy atom. The molecule has 0 atom stereocenters. The number of aromatic nitrogens is 1. The lowest BCUT2D eigenvalue weighted by molar-refractivity contribution is 0.586. The predicted molar refractivity (Wildman–Crippen MR) is 87.4 cm³/mol. The third kappa shape index (κ3) is 4.05. The van der Waals surface area contributed by atoms with Gasteiger partial charge >= 0.3 is 0 Å². The topological polar surface area (TPSA) is 28.2 Å². The van der Waals surface area contributed by atoms with Gasteiger partial charge < -0.3 is 10.2 Å². The van der Waals surface area contributed by atoms with Crippen molar-refractivity contribution in [3.63, 3.8) is 0 Å². The predicted octanol–water partition coefficient (Wildman–Crippen LogP) is 3.59. The van der Waals surface area contributed by atoms with E-state index in [9.17, 15) is 0 Å². The zero-order valence-corrected chi connectivity index (χ0v) is 13.5. The number of nitrogens with zero attached hydrogens (tertiary/aromatic N) is 2. The molecule has 0 aliphatic carbocycles. The standard InChI is InChI=1S/C16H23N3S/c1-12(2)17-9-16-18-14(11-20-16)10-19(4)15-8-6-5-7-13(15)3/h5-8,11-12,17H,9-10H2,1-4H3. The number of nitrogens with one attached hydrogen (secondary N) is 1. The van der Waals surface area contributed by atoms with E-state index in [0.29, 0.717) is 6.04 Å². The highest BCUT2D eigenvalue weighted by Crippen LogP contribution is 2.20. The molecule has 1 N–H and O–H groups in total. The van der Waals surface area contributed by atoms with Gasteiger partial charge in [0, 0.05) is 30.7 Å². The van der Waals surface area contributed by atoms with Crippen molar-refractivity contribution in [1.29, 1.82) is 0 Å². The van der Waals surface area contributed by atoms with E-state index >= 15 is 0 Å². The Morgan fingerprint density at radius 1 is 1.30 bits per heavy atom. The molecule has 0 amide bonds. The SMILES string of the molecule is Cc1ccccc1N(C)Cc1csc(CNC(C)C)n1. The minimum absolute atomic E-state index is 0.497. The maximum Gasteiger partial charge on any atom is 0.107 e. The molecule has 0 aliphatic rings. The second-order valence-electron chi connectivity index (χ2n) is 5.41. The van der Waals surface area contributed by atoms with Crippen molar-refractivity contribution in [2.75, 3.05) is 11.9 Å². The van der Waals surface area contributed by atoms with Gasteiger partial charge in [0.05, 0.1) is 12.2 Å². The molecule has 3 nitrogen and oxygen atoms in total. The van der Waals surface area contributed by atoms with Crippen molar-refractivity contribution in [3.8, 4) is 0 Å². The first kappa shape index (κ1) is 15.0. The average molecular weight is 289 g/mol. The van der Waals surface area contributed by atoms with Gasteiger partial charge in [0.2, 0.25) is 0 Å². The number of thiazole rings is 1. The largest absolute Gasteiger partial charge is 0.368 e. The Morgan fingerprint density at radius 3 is 2.75 bits per heavy atom. The fourth-order valence-electron chi connectivity index (χ4n) is 2.11. The smallest absolute Gasteiger partial charge is 0.107 e. The van der Waals surface area contributed by atoms with Gasteiger partial charge in [0.25, 0.3) is 0 Å². The molecular formula is C16H23N3S. The molecular weight excluding hydrogens is 266 g/mol. The fourth-order valence-corrected chi connectivity index (χ4v) is 2.85. The molecule has 0 unspecified atom stereocenters. The van der Waals surface area contributed by atoms with E-state index < -0.39 is 0 Å². The molecule has 0 spiro atoms. The van der Waals surface area contributed by atoms with Gasteiger partial charge in [0.1, 0.15) is 5.01 Å². The van der Waals surface area contributed by atoms with Crippen molar-refractivity contribution in [2.24, 2.45) is 0 Å². The van der Waals surface area contributed by atoms with Crippen LogP contribution in [0.3, 0.4) is 0 Å². The number of hydrogen-bond donors (Lipinski definition) is 1. The lowest BCUT2D eigenvalue weighted by Gasteiger charge is -2.20. The summed E-state index contributed by atoms with van der Waals surface area (Å²) in [5.41, 5.74) is 3.70. The van der Waals surface area contributed by atoms with E-state index in [1.165, 1.54) is 11.3 Å². The average Bonchev–Trinajstić information content (AvgIpc) is 2.84. The summed E-state index contributed by atoms with van der Waals surface area (Å²) in [6.45, 7) is 8.16. The van der Waals surface area contributed by atoms with E-state index in [-0.39, 0.29) is 0 Å². The molecule has 0 saturated heterocycles. The number of aryl methyl sites for hydroxylation is 1. The molecule has 1 heterocycles. The van der Waals surface area contributed by atoms with Crippen molar-refractivity contribution in [3.05, 3.63) is 45.9 Å². The Kier molecular flexibility index (Phi) is 5.15. The second-order valence-corrected chi connectivity index (χ2v) is 6.35. The summed E-state index contributed by atoms with van der Waals surface area (Å²) < 4.78 is 0. The number of anilines is 1. The van der Waals surface area contributed by atoms with Gasteiger partial charge in [0.15, 0.2) is 0 Å². The maximum atomic E-state index is 4.69. The van der Waals surface area contributed by atoms with Crippen LogP contribution in [-0.2, 0) is 13.1 Å². The third-order valence-electron chi connectivity index (χ3n) is 3.19. The first-order valence-corrected chi connectivity index (χ1v) is 7.87. The summed E-state index contributed by atoms with van der Waals surface area (Å²) >= 11 is 1.73. The van der Waals surface area contributed by atoms with Crippen LogP contribution in [0.4, 0.5) is 5.69 Å². The van der Waals surface area contributed by atoms with Gasteiger partial charge in [-0.25, -0.2) is 4.98 Å². The number of hydrogen-bond acceptors (Lipinski definition) is 4. The lowest BCUT2D eigenvalue weighted by atomic mass is 10.2. The molecule has 1 aromatic carbocycles. The molecule has 20 heavy (non-hydrogen) atoms. The summed E-state index contributed by atoms with van der Waals surface area (Å²) in [4.78, 5) is 6.95. The molecule has 4 heteroatoms. The van der Waals surface area contributed by atoms with Crippen molar-refractivity contribution < 1.29 is 0 Å². The van der Waals surface area contributed by atoms with Gasteiger partial charge in [-0.15, -0.1) is 11.3 Å². The Labute approximate surface area is 125 Å². The summed E-state index contributed by atoms with van der Waals surface area (Å²) in [6, 6.07) is 8.95. The van der Waals surface area contributed by atoms with Crippen LogP contribution < -0.4 is 10.2 Å². The maximum absolute atomic E-state index is 4.69. The van der Waals surface area contributed by atoms with Crippen LogP contribution in [0.5, 0.6) is 0 Å². The van der Waals surface area contributed by atoms with Crippen LogP contribution in [0.2, 0.25) is 0 Å². The Bertz CT molecular complexity index is 548. The Hall–Kier alpha value is -1.39. The number of rotatable bonds is 6. The van der Waals surface area contributed by atoms with Gasteiger partial charge in [-0.1, -0.05) is 32.0 Å². The minimum Gasteiger partial charge on any atom is -0.368 e. The van der Waals surface area contributed by atoms with Crippen LogP contribution in [0, 0.1) is 6.92 Å². The second kappa shape index (κ2) is 6.86. The van der Waals surface area contributed by atoms with E-state index in [1.807, 2.05) is 0 Å². The first-order valence-electron chi connectivity index (χ1n) is 6.99. The lowest BCUT2D eigenvalue weighted by Crippen LogP contribution is -2.22. The molecule has 0 fully saturated rings. The molecule has 2 rings (SSSR count).